The largest absolute Gasteiger partial charge is 0.301 e. The van der Waals surface area contributed by atoms with Gasteiger partial charge in [-0.05, 0) is 18.2 Å². The highest BCUT2D eigenvalue weighted by atomic mass is 32.1. The minimum absolute atomic E-state index is 0.264. The van der Waals surface area contributed by atoms with Crippen molar-refractivity contribution in [2.24, 2.45) is 12.5 Å². The average molecular weight is 227 g/mol. The van der Waals surface area contributed by atoms with E-state index in [-0.39, 0.29) is 5.41 Å². The molecule has 0 saturated carbocycles. The van der Waals surface area contributed by atoms with Gasteiger partial charge < -0.3 is 4.90 Å². The molecule has 0 fully saturated rings. The molecule has 0 spiro atoms. The lowest BCUT2D eigenvalue weighted by Gasteiger charge is -2.28. The predicted molar refractivity (Wildman–Crippen MR) is 67.2 cm³/mol. The van der Waals surface area contributed by atoms with E-state index in [1.807, 2.05) is 17.9 Å². The first-order valence-electron chi connectivity index (χ1n) is 5.20. The van der Waals surface area contributed by atoms with Crippen LogP contribution in [-0.4, -0.2) is 34.0 Å². The van der Waals surface area contributed by atoms with Crippen LogP contribution in [0.1, 0.15) is 19.4 Å². The van der Waals surface area contributed by atoms with Crippen LogP contribution in [0.15, 0.2) is 12.4 Å². The Hall–Kier alpha value is -0.480. The molecule has 0 amide bonds. The molecule has 0 saturated heterocycles. The third-order valence-corrected chi connectivity index (χ3v) is 3.19. The van der Waals surface area contributed by atoms with Crippen LogP contribution < -0.4 is 0 Å². The maximum atomic E-state index is 4.36. The van der Waals surface area contributed by atoms with Gasteiger partial charge in [-0.25, -0.2) is 0 Å². The summed E-state index contributed by atoms with van der Waals surface area (Å²) in [7, 11) is 4.08. The smallest absolute Gasteiger partial charge is 0.0534 e. The zero-order valence-electron chi connectivity index (χ0n) is 10.1. The third kappa shape index (κ3) is 4.26. The zero-order chi connectivity index (χ0) is 11.5. The molecule has 0 N–H and O–H groups in total. The van der Waals surface area contributed by atoms with Crippen LogP contribution in [0.5, 0.6) is 0 Å². The van der Waals surface area contributed by atoms with E-state index in [0.717, 1.165) is 18.8 Å². The van der Waals surface area contributed by atoms with Gasteiger partial charge in [-0.1, -0.05) is 13.8 Å². The van der Waals surface area contributed by atoms with Crippen LogP contribution in [0.3, 0.4) is 0 Å². The second-order valence-corrected chi connectivity index (χ2v) is 5.33. The first-order chi connectivity index (χ1) is 6.93. The Morgan fingerprint density at radius 2 is 2.20 bits per heavy atom. The molecular weight excluding hydrogens is 206 g/mol. The average Bonchev–Trinajstić information content (AvgIpc) is 2.50. The van der Waals surface area contributed by atoms with Gasteiger partial charge in [0, 0.05) is 31.9 Å². The molecule has 0 radical (unpaired) electrons. The van der Waals surface area contributed by atoms with Crippen molar-refractivity contribution in [1.29, 1.82) is 0 Å². The van der Waals surface area contributed by atoms with Crippen molar-refractivity contribution < 1.29 is 0 Å². The number of aryl methyl sites for hydroxylation is 1. The van der Waals surface area contributed by atoms with Gasteiger partial charge in [0.15, 0.2) is 0 Å². The second kappa shape index (κ2) is 5.03. The number of hydrogen-bond acceptors (Lipinski definition) is 3. The lowest BCUT2D eigenvalue weighted by molar-refractivity contribution is 0.225. The van der Waals surface area contributed by atoms with E-state index in [0.29, 0.717) is 0 Å². The summed E-state index contributed by atoms with van der Waals surface area (Å²) in [5, 5.41) is 4.16. The van der Waals surface area contributed by atoms with Gasteiger partial charge in [-0.15, -0.1) is 0 Å². The molecular formula is C11H21N3S. The lowest BCUT2D eigenvalue weighted by atomic mass is 9.96. The van der Waals surface area contributed by atoms with E-state index in [1.165, 1.54) is 5.56 Å². The van der Waals surface area contributed by atoms with E-state index in [9.17, 15) is 0 Å². The molecule has 0 aliphatic rings. The maximum absolute atomic E-state index is 4.36. The van der Waals surface area contributed by atoms with Crippen molar-refractivity contribution in [2.45, 2.75) is 20.4 Å². The predicted octanol–water partition coefficient (Wildman–Crippen LogP) is 1.81. The number of rotatable bonds is 5. The van der Waals surface area contributed by atoms with Crippen molar-refractivity contribution in [3.63, 3.8) is 0 Å². The van der Waals surface area contributed by atoms with E-state index in [4.69, 9.17) is 0 Å². The highest BCUT2D eigenvalue weighted by Crippen LogP contribution is 2.18. The summed E-state index contributed by atoms with van der Waals surface area (Å²) in [6.45, 7) is 6.47. The molecule has 1 aromatic rings. The third-order valence-electron chi connectivity index (χ3n) is 2.34. The SMILES string of the molecule is CN(Cc1cnn(C)c1)CC(C)(C)CS. The molecule has 1 heterocycles. The highest BCUT2D eigenvalue weighted by molar-refractivity contribution is 7.80. The second-order valence-electron chi connectivity index (χ2n) is 5.02. The molecule has 1 aromatic heterocycles. The lowest BCUT2D eigenvalue weighted by Crippen LogP contribution is -2.32. The Labute approximate surface area is 97.9 Å². The molecule has 4 heteroatoms. The van der Waals surface area contributed by atoms with Crippen molar-refractivity contribution >= 4 is 12.6 Å². The van der Waals surface area contributed by atoms with Crippen LogP contribution >= 0.6 is 12.6 Å². The van der Waals surface area contributed by atoms with Gasteiger partial charge in [0.2, 0.25) is 0 Å². The maximum Gasteiger partial charge on any atom is 0.0534 e. The normalized spacial score (nSPS) is 12.4. The fraction of sp³-hybridized carbons (Fsp3) is 0.727. The summed E-state index contributed by atoms with van der Waals surface area (Å²) < 4.78 is 1.84. The van der Waals surface area contributed by atoms with E-state index < -0.39 is 0 Å². The summed E-state index contributed by atoms with van der Waals surface area (Å²) in [5.74, 6) is 0.907. The topological polar surface area (TPSA) is 21.1 Å². The van der Waals surface area contributed by atoms with Crippen LogP contribution in [0.25, 0.3) is 0 Å². The Morgan fingerprint density at radius 3 is 2.67 bits per heavy atom. The first-order valence-corrected chi connectivity index (χ1v) is 5.83. The standard InChI is InChI=1S/C11H21N3S/c1-11(2,9-15)8-13(3)6-10-5-12-14(4)7-10/h5,7,15H,6,8-9H2,1-4H3. The highest BCUT2D eigenvalue weighted by Gasteiger charge is 2.18. The number of aromatic nitrogens is 2. The minimum atomic E-state index is 0.264. The Morgan fingerprint density at radius 1 is 1.53 bits per heavy atom. The van der Waals surface area contributed by atoms with Crippen molar-refractivity contribution in [3.8, 4) is 0 Å². The van der Waals surface area contributed by atoms with Gasteiger partial charge in [0.25, 0.3) is 0 Å². The number of hydrogen-bond donors (Lipinski definition) is 1. The fourth-order valence-corrected chi connectivity index (χ4v) is 1.80. The van der Waals surface area contributed by atoms with Gasteiger partial charge in [0.1, 0.15) is 0 Å². The summed E-state index contributed by atoms with van der Waals surface area (Å²) in [5.41, 5.74) is 1.52. The number of nitrogens with zero attached hydrogens (tertiary/aromatic N) is 3. The van der Waals surface area contributed by atoms with Crippen LogP contribution in [-0.2, 0) is 13.6 Å². The summed E-state index contributed by atoms with van der Waals surface area (Å²) in [4.78, 5) is 2.31. The Kier molecular flexibility index (Phi) is 4.22. The van der Waals surface area contributed by atoms with Crippen LogP contribution in [0.2, 0.25) is 0 Å². The number of thiol groups is 1. The summed E-state index contributed by atoms with van der Waals surface area (Å²) in [6.07, 6.45) is 3.98. The molecule has 1 rings (SSSR count). The van der Waals surface area contributed by atoms with Gasteiger partial charge >= 0.3 is 0 Å². The van der Waals surface area contributed by atoms with Crippen LogP contribution in [0.4, 0.5) is 0 Å². The minimum Gasteiger partial charge on any atom is -0.301 e. The fourth-order valence-electron chi connectivity index (χ4n) is 1.70. The Bertz CT molecular complexity index is 307. The van der Waals surface area contributed by atoms with Gasteiger partial charge in [-0.2, -0.15) is 17.7 Å². The van der Waals surface area contributed by atoms with Crippen molar-refractivity contribution in [3.05, 3.63) is 18.0 Å². The molecule has 86 valence electrons. The van der Waals surface area contributed by atoms with Crippen molar-refractivity contribution in [1.82, 2.24) is 14.7 Å². The van der Waals surface area contributed by atoms with E-state index in [1.54, 1.807) is 0 Å². The van der Waals surface area contributed by atoms with Crippen molar-refractivity contribution in [2.75, 3.05) is 19.3 Å². The monoisotopic (exact) mass is 227 g/mol. The molecule has 0 unspecified atom stereocenters. The zero-order valence-corrected chi connectivity index (χ0v) is 11.0. The quantitative estimate of drug-likeness (QED) is 0.775. The molecule has 3 nitrogen and oxygen atoms in total. The molecule has 0 aromatic carbocycles. The Balaban J connectivity index is 2.46. The summed E-state index contributed by atoms with van der Waals surface area (Å²) in [6, 6.07) is 0. The van der Waals surface area contributed by atoms with E-state index >= 15 is 0 Å². The van der Waals surface area contributed by atoms with Gasteiger partial charge in [-0.3, -0.25) is 4.68 Å². The molecule has 0 atom stereocenters. The van der Waals surface area contributed by atoms with Gasteiger partial charge in [0.05, 0.1) is 6.20 Å². The molecule has 15 heavy (non-hydrogen) atoms. The molecule has 0 aliphatic heterocycles. The molecule has 0 aliphatic carbocycles. The molecule has 0 bridgehead atoms. The van der Waals surface area contributed by atoms with E-state index in [2.05, 4.69) is 49.7 Å². The summed E-state index contributed by atoms with van der Waals surface area (Å²) >= 11 is 4.36. The van der Waals surface area contributed by atoms with Crippen LogP contribution in [0, 0.1) is 5.41 Å². The first kappa shape index (κ1) is 12.6.